The number of halogens is 1. The van der Waals surface area contributed by atoms with Gasteiger partial charge in [0.1, 0.15) is 0 Å². The molecule has 3 aromatic carbocycles. The first-order valence-electron chi connectivity index (χ1n) is 7.80. The van der Waals surface area contributed by atoms with Crippen LogP contribution in [-0.4, -0.2) is 4.98 Å². The van der Waals surface area contributed by atoms with E-state index in [0.717, 1.165) is 17.2 Å². The number of anilines is 1. The molecular formula is C20H13IN2S. The fraction of sp³-hybridized carbons (Fsp3) is 0.0500. The van der Waals surface area contributed by atoms with Crippen LogP contribution in [0.1, 0.15) is 10.4 Å². The second-order valence-corrected chi connectivity index (χ2v) is 7.62. The maximum Gasteiger partial charge on any atom is 0.192 e. The minimum Gasteiger partial charge on any atom is -0.304 e. The molecule has 24 heavy (non-hydrogen) atoms. The fourth-order valence-corrected chi connectivity index (χ4v) is 4.75. The van der Waals surface area contributed by atoms with Gasteiger partial charge in [-0.2, -0.15) is 0 Å². The number of nitrogens with one attached hydrogen (secondary N) is 1. The molecular weight excluding hydrogens is 427 g/mol. The Morgan fingerprint density at radius 2 is 1.71 bits per heavy atom. The Morgan fingerprint density at radius 3 is 2.58 bits per heavy atom. The molecule has 0 aliphatic heterocycles. The Labute approximate surface area is 158 Å². The van der Waals surface area contributed by atoms with Crippen molar-refractivity contribution >= 4 is 50.1 Å². The highest BCUT2D eigenvalue weighted by molar-refractivity contribution is 14.1. The first kappa shape index (κ1) is 14.4. The lowest BCUT2D eigenvalue weighted by Gasteiger charge is -2.07. The van der Waals surface area contributed by atoms with Crippen LogP contribution in [0.3, 0.4) is 0 Å². The molecule has 0 saturated carbocycles. The number of nitrogens with zero attached hydrogens (tertiary/aromatic N) is 1. The number of benzene rings is 3. The molecule has 2 nitrogen and oxygen atoms in total. The lowest BCUT2D eigenvalue weighted by Crippen LogP contribution is -1.85. The Hall–Kier alpha value is -1.92. The monoisotopic (exact) mass is 440 g/mol. The van der Waals surface area contributed by atoms with E-state index in [0.29, 0.717) is 0 Å². The number of hydrogen-bond donors (Lipinski definition) is 1. The smallest absolute Gasteiger partial charge is 0.192 e. The highest BCUT2D eigenvalue weighted by atomic mass is 127. The van der Waals surface area contributed by atoms with Crippen LogP contribution < -0.4 is 3.53 Å². The number of fused-ring (bicyclic) bond motifs is 4. The largest absolute Gasteiger partial charge is 0.304 e. The summed E-state index contributed by atoms with van der Waals surface area (Å²) in [7, 11) is 0. The second kappa shape index (κ2) is 5.57. The summed E-state index contributed by atoms with van der Waals surface area (Å²) < 4.78 is 3.12. The van der Waals surface area contributed by atoms with E-state index in [4.69, 9.17) is 4.98 Å². The standard InChI is InChI=1S/C20H13IN2S/c21-23-20-22-19-17-8-7-15(10-16(17)11-18(19)24-20)14-6-5-12-3-1-2-4-13(12)9-14/h1-10H,11H2,(H,22,23). The molecule has 4 aromatic rings. The summed E-state index contributed by atoms with van der Waals surface area (Å²) in [6.45, 7) is 0. The molecule has 0 radical (unpaired) electrons. The normalized spacial score (nSPS) is 12.2. The van der Waals surface area contributed by atoms with Crippen molar-refractivity contribution in [3.8, 4) is 22.4 Å². The molecule has 0 unspecified atom stereocenters. The number of rotatable bonds is 2. The van der Waals surface area contributed by atoms with Gasteiger partial charge in [-0.1, -0.05) is 54.6 Å². The van der Waals surface area contributed by atoms with Crippen molar-refractivity contribution in [3.63, 3.8) is 0 Å². The third kappa shape index (κ3) is 2.24. The van der Waals surface area contributed by atoms with Gasteiger partial charge in [0.25, 0.3) is 0 Å². The van der Waals surface area contributed by atoms with Gasteiger partial charge in [0, 0.05) is 16.9 Å². The molecule has 1 aliphatic carbocycles. The van der Waals surface area contributed by atoms with Crippen LogP contribution >= 0.6 is 34.2 Å². The summed E-state index contributed by atoms with van der Waals surface area (Å²) in [5, 5.41) is 3.56. The highest BCUT2D eigenvalue weighted by Gasteiger charge is 2.23. The van der Waals surface area contributed by atoms with Gasteiger partial charge >= 0.3 is 0 Å². The molecule has 116 valence electrons. The maximum atomic E-state index is 4.69. The van der Waals surface area contributed by atoms with Crippen LogP contribution in [0, 0.1) is 0 Å². The summed E-state index contributed by atoms with van der Waals surface area (Å²) in [5.74, 6) is 0. The molecule has 0 bridgehead atoms. The van der Waals surface area contributed by atoms with Gasteiger partial charge in [-0.15, -0.1) is 11.3 Å². The topological polar surface area (TPSA) is 24.9 Å². The molecule has 0 atom stereocenters. The summed E-state index contributed by atoms with van der Waals surface area (Å²) in [5.41, 5.74) is 6.37. The Kier molecular flexibility index (Phi) is 3.35. The van der Waals surface area contributed by atoms with Gasteiger partial charge in [0.05, 0.1) is 28.6 Å². The third-order valence-corrected chi connectivity index (χ3v) is 6.42. The molecule has 1 aromatic heterocycles. The zero-order chi connectivity index (χ0) is 16.1. The van der Waals surface area contributed by atoms with E-state index < -0.39 is 0 Å². The second-order valence-electron chi connectivity index (χ2n) is 6.00. The third-order valence-electron chi connectivity index (χ3n) is 4.57. The van der Waals surface area contributed by atoms with Crippen molar-refractivity contribution in [3.05, 3.63) is 71.1 Å². The lowest BCUT2D eigenvalue weighted by molar-refractivity contribution is 1.31. The number of hydrogen-bond acceptors (Lipinski definition) is 3. The van der Waals surface area contributed by atoms with E-state index in [1.807, 2.05) is 0 Å². The van der Waals surface area contributed by atoms with E-state index in [2.05, 4.69) is 87.1 Å². The molecule has 0 amide bonds. The summed E-state index contributed by atoms with van der Waals surface area (Å²) >= 11 is 3.89. The number of aromatic nitrogens is 1. The summed E-state index contributed by atoms with van der Waals surface area (Å²) in [6, 6.07) is 22.0. The van der Waals surface area contributed by atoms with Crippen molar-refractivity contribution in [2.75, 3.05) is 3.53 Å². The minimum atomic E-state index is 0.988. The molecule has 0 spiro atoms. The van der Waals surface area contributed by atoms with E-state index in [1.165, 1.54) is 37.9 Å². The molecule has 4 heteroatoms. The van der Waals surface area contributed by atoms with Crippen LogP contribution in [0.5, 0.6) is 0 Å². The van der Waals surface area contributed by atoms with Gasteiger partial charge < -0.3 is 3.53 Å². The van der Waals surface area contributed by atoms with Crippen molar-refractivity contribution in [2.24, 2.45) is 0 Å². The predicted octanol–water partition coefficient (Wildman–Crippen LogP) is 6.30. The van der Waals surface area contributed by atoms with Gasteiger partial charge in [0.2, 0.25) is 0 Å². The van der Waals surface area contributed by atoms with Crippen LogP contribution in [0.4, 0.5) is 5.13 Å². The average Bonchev–Trinajstić information content (AvgIpc) is 3.18. The molecule has 0 saturated heterocycles. The first-order chi connectivity index (χ1) is 11.8. The number of thiazole rings is 1. The van der Waals surface area contributed by atoms with Gasteiger partial charge in [-0.25, -0.2) is 4.98 Å². The van der Waals surface area contributed by atoms with Crippen LogP contribution in [-0.2, 0) is 6.42 Å². The van der Waals surface area contributed by atoms with Crippen molar-refractivity contribution in [2.45, 2.75) is 6.42 Å². The van der Waals surface area contributed by atoms with Gasteiger partial charge in [-0.3, -0.25) is 0 Å². The molecule has 1 N–H and O–H groups in total. The van der Waals surface area contributed by atoms with Crippen LogP contribution in [0.2, 0.25) is 0 Å². The Morgan fingerprint density at radius 1 is 0.917 bits per heavy atom. The molecule has 0 fully saturated rings. The summed E-state index contributed by atoms with van der Waals surface area (Å²) in [6.07, 6.45) is 0.988. The molecule has 1 aliphatic rings. The van der Waals surface area contributed by atoms with E-state index in [1.54, 1.807) is 11.3 Å². The molecule has 5 rings (SSSR count). The fourth-order valence-electron chi connectivity index (χ4n) is 3.41. The van der Waals surface area contributed by atoms with E-state index in [9.17, 15) is 0 Å². The SMILES string of the molecule is INc1nc2c(s1)Cc1cc(-c3ccc4ccccc4c3)ccc1-2. The Balaban J connectivity index is 1.59. The van der Waals surface area contributed by atoms with Crippen molar-refractivity contribution in [1.29, 1.82) is 0 Å². The van der Waals surface area contributed by atoms with E-state index in [-0.39, 0.29) is 0 Å². The predicted molar refractivity (Wildman–Crippen MR) is 111 cm³/mol. The quantitative estimate of drug-likeness (QED) is 0.258. The zero-order valence-electron chi connectivity index (χ0n) is 12.7. The van der Waals surface area contributed by atoms with Crippen molar-refractivity contribution < 1.29 is 0 Å². The minimum absolute atomic E-state index is 0.988. The lowest BCUT2D eigenvalue weighted by atomic mass is 9.98. The van der Waals surface area contributed by atoms with E-state index >= 15 is 0 Å². The zero-order valence-corrected chi connectivity index (χ0v) is 15.7. The first-order valence-corrected chi connectivity index (χ1v) is 9.70. The average molecular weight is 440 g/mol. The van der Waals surface area contributed by atoms with Gasteiger partial charge in [0.15, 0.2) is 5.13 Å². The molecule has 1 heterocycles. The van der Waals surface area contributed by atoms with Crippen LogP contribution in [0.15, 0.2) is 60.7 Å². The van der Waals surface area contributed by atoms with Gasteiger partial charge in [-0.05, 0) is 33.5 Å². The maximum absolute atomic E-state index is 4.69. The highest BCUT2D eigenvalue weighted by Crippen LogP contribution is 2.42. The van der Waals surface area contributed by atoms with Crippen molar-refractivity contribution in [1.82, 2.24) is 4.98 Å². The van der Waals surface area contributed by atoms with Crippen LogP contribution in [0.25, 0.3) is 33.2 Å². The summed E-state index contributed by atoms with van der Waals surface area (Å²) in [4.78, 5) is 6.05. The Bertz CT molecular complexity index is 1080.